The Bertz CT molecular complexity index is 338. The Morgan fingerprint density at radius 1 is 1.32 bits per heavy atom. The number of hydrogen-bond donors (Lipinski definition) is 3. The highest BCUT2D eigenvalue weighted by Gasteiger charge is 2.39. The zero-order chi connectivity index (χ0) is 14.5. The average molecular weight is 270 g/mol. The van der Waals surface area contributed by atoms with Gasteiger partial charge in [0.15, 0.2) is 0 Å². The molecule has 0 saturated carbocycles. The Hall–Kier alpha value is -1.10. The molecule has 5 nitrogen and oxygen atoms in total. The number of piperidine rings is 1. The van der Waals surface area contributed by atoms with Gasteiger partial charge in [0, 0.05) is 6.54 Å². The molecule has 1 unspecified atom stereocenters. The molecule has 0 aromatic rings. The van der Waals surface area contributed by atoms with Crippen molar-refractivity contribution in [3.63, 3.8) is 0 Å². The van der Waals surface area contributed by atoms with Gasteiger partial charge in [-0.05, 0) is 45.7 Å². The SMILES string of the molecule is CCC(C)(CNC(=O)C1(CC)CCNCC1)C(=O)O. The van der Waals surface area contributed by atoms with Gasteiger partial charge in [0.25, 0.3) is 0 Å². The van der Waals surface area contributed by atoms with Crippen LogP contribution in [0.3, 0.4) is 0 Å². The van der Waals surface area contributed by atoms with Gasteiger partial charge in [-0.2, -0.15) is 0 Å². The highest BCUT2D eigenvalue weighted by molar-refractivity contribution is 5.83. The molecule has 0 aromatic carbocycles. The maximum atomic E-state index is 12.4. The first-order valence-electron chi connectivity index (χ1n) is 7.12. The monoisotopic (exact) mass is 270 g/mol. The van der Waals surface area contributed by atoms with Crippen LogP contribution in [0.15, 0.2) is 0 Å². The summed E-state index contributed by atoms with van der Waals surface area (Å²) in [5.41, 5.74) is -1.20. The Labute approximate surface area is 115 Å². The van der Waals surface area contributed by atoms with Crippen LogP contribution in [0.2, 0.25) is 0 Å². The maximum Gasteiger partial charge on any atom is 0.311 e. The first-order chi connectivity index (χ1) is 8.90. The number of rotatable bonds is 6. The summed E-state index contributed by atoms with van der Waals surface area (Å²) in [6.07, 6.45) is 2.95. The van der Waals surface area contributed by atoms with Crippen molar-refractivity contribution in [2.24, 2.45) is 10.8 Å². The first kappa shape index (κ1) is 16.0. The van der Waals surface area contributed by atoms with Crippen molar-refractivity contribution < 1.29 is 14.7 Å². The Morgan fingerprint density at radius 2 is 1.89 bits per heavy atom. The minimum Gasteiger partial charge on any atom is -0.481 e. The van der Waals surface area contributed by atoms with E-state index >= 15 is 0 Å². The molecule has 1 rings (SSSR count). The highest BCUT2D eigenvalue weighted by atomic mass is 16.4. The molecule has 1 aliphatic heterocycles. The number of carboxylic acids is 1. The number of hydrogen-bond acceptors (Lipinski definition) is 3. The van der Waals surface area contributed by atoms with Gasteiger partial charge in [0.2, 0.25) is 5.91 Å². The minimum atomic E-state index is -0.877. The normalized spacial score (nSPS) is 21.4. The van der Waals surface area contributed by atoms with Crippen molar-refractivity contribution in [2.75, 3.05) is 19.6 Å². The summed E-state index contributed by atoms with van der Waals surface area (Å²) in [6, 6.07) is 0. The standard InChI is InChI=1S/C14H26N2O3/c1-4-13(3,12(18)19)10-16-11(17)14(5-2)6-8-15-9-7-14/h15H,4-10H2,1-3H3,(H,16,17)(H,18,19). The quantitative estimate of drug-likeness (QED) is 0.681. The Balaban J connectivity index is 2.65. The molecule has 1 amide bonds. The predicted molar refractivity (Wildman–Crippen MR) is 73.9 cm³/mol. The van der Waals surface area contributed by atoms with Crippen LogP contribution >= 0.6 is 0 Å². The topological polar surface area (TPSA) is 78.4 Å². The van der Waals surface area contributed by atoms with Crippen LogP contribution in [-0.2, 0) is 9.59 Å². The Kier molecular flexibility index (Phi) is 5.35. The fourth-order valence-electron chi connectivity index (χ4n) is 2.46. The lowest BCUT2D eigenvalue weighted by atomic mass is 9.75. The Morgan fingerprint density at radius 3 is 2.32 bits per heavy atom. The number of carboxylic acid groups (broad SMARTS) is 1. The lowest BCUT2D eigenvalue weighted by Crippen LogP contribution is -2.50. The number of aliphatic carboxylic acids is 1. The second kappa shape index (κ2) is 6.37. The molecule has 0 spiro atoms. The molecular formula is C14H26N2O3. The molecule has 1 fully saturated rings. The molecule has 5 heteroatoms. The molecule has 0 bridgehead atoms. The first-order valence-corrected chi connectivity index (χ1v) is 7.12. The molecule has 19 heavy (non-hydrogen) atoms. The zero-order valence-corrected chi connectivity index (χ0v) is 12.2. The lowest BCUT2D eigenvalue weighted by molar-refractivity contribution is -0.148. The molecule has 3 N–H and O–H groups in total. The van der Waals surface area contributed by atoms with Crippen LogP contribution in [0.5, 0.6) is 0 Å². The van der Waals surface area contributed by atoms with Crippen molar-refractivity contribution >= 4 is 11.9 Å². The molecule has 0 aliphatic carbocycles. The second-order valence-electron chi connectivity index (χ2n) is 5.79. The number of carbonyl (C=O) groups is 2. The zero-order valence-electron chi connectivity index (χ0n) is 12.2. The van der Waals surface area contributed by atoms with Gasteiger partial charge < -0.3 is 15.7 Å². The summed E-state index contributed by atoms with van der Waals surface area (Å²) < 4.78 is 0. The summed E-state index contributed by atoms with van der Waals surface area (Å²) >= 11 is 0. The van der Waals surface area contributed by atoms with E-state index in [4.69, 9.17) is 0 Å². The van der Waals surface area contributed by atoms with Crippen LogP contribution in [0.1, 0.15) is 46.5 Å². The van der Waals surface area contributed by atoms with Crippen molar-refractivity contribution in [2.45, 2.75) is 46.5 Å². The maximum absolute atomic E-state index is 12.4. The fourth-order valence-corrected chi connectivity index (χ4v) is 2.46. The van der Waals surface area contributed by atoms with Crippen molar-refractivity contribution in [3.05, 3.63) is 0 Å². The largest absolute Gasteiger partial charge is 0.481 e. The fraction of sp³-hybridized carbons (Fsp3) is 0.857. The van der Waals surface area contributed by atoms with E-state index in [0.717, 1.165) is 32.4 Å². The molecule has 1 aliphatic rings. The number of amides is 1. The van der Waals surface area contributed by atoms with Crippen LogP contribution in [0.25, 0.3) is 0 Å². The van der Waals surface area contributed by atoms with E-state index in [1.54, 1.807) is 6.92 Å². The van der Waals surface area contributed by atoms with E-state index in [1.807, 2.05) is 13.8 Å². The molecular weight excluding hydrogens is 244 g/mol. The summed E-state index contributed by atoms with van der Waals surface area (Å²) in [7, 11) is 0. The number of nitrogens with one attached hydrogen (secondary N) is 2. The molecule has 110 valence electrons. The second-order valence-corrected chi connectivity index (χ2v) is 5.79. The molecule has 1 heterocycles. The van der Waals surface area contributed by atoms with E-state index in [9.17, 15) is 14.7 Å². The molecule has 0 aromatic heterocycles. The van der Waals surface area contributed by atoms with Crippen LogP contribution in [-0.4, -0.2) is 36.6 Å². The minimum absolute atomic E-state index is 0.0115. The number of carbonyl (C=O) groups excluding carboxylic acids is 1. The summed E-state index contributed by atoms with van der Waals surface area (Å²) in [5.74, 6) is -0.844. The van der Waals surface area contributed by atoms with Gasteiger partial charge in [-0.3, -0.25) is 9.59 Å². The van der Waals surface area contributed by atoms with Gasteiger partial charge in [-0.1, -0.05) is 13.8 Å². The van der Waals surface area contributed by atoms with Crippen LogP contribution in [0, 0.1) is 10.8 Å². The average Bonchev–Trinajstić information content (AvgIpc) is 2.44. The van der Waals surface area contributed by atoms with E-state index in [1.165, 1.54) is 0 Å². The van der Waals surface area contributed by atoms with Gasteiger partial charge in [-0.25, -0.2) is 0 Å². The van der Waals surface area contributed by atoms with Gasteiger partial charge in [0.1, 0.15) is 0 Å². The van der Waals surface area contributed by atoms with Gasteiger partial charge >= 0.3 is 5.97 Å². The van der Waals surface area contributed by atoms with E-state index in [-0.39, 0.29) is 17.9 Å². The summed E-state index contributed by atoms with van der Waals surface area (Å²) in [4.78, 5) is 23.6. The predicted octanol–water partition coefficient (Wildman–Crippen LogP) is 1.38. The van der Waals surface area contributed by atoms with E-state index in [2.05, 4.69) is 10.6 Å². The highest BCUT2D eigenvalue weighted by Crippen LogP contribution is 2.33. The van der Waals surface area contributed by atoms with Gasteiger partial charge in [0.05, 0.1) is 10.8 Å². The molecule has 1 saturated heterocycles. The van der Waals surface area contributed by atoms with E-state index in [0.29, 0.717) is 6.42 Å². The summed E-state index contributed by atoms with van der Waals surface area (Å²) in [6.45, 7) is 7.45. The smallest absolute Gasteiger partial charge is 0.311 e. The third-order valence-corrected chi connectivity index (χ3v) is 4.65. The molecule has 1 atom stereocenters. The summed E-state index contributed by atoms with van der Waals surface area (Å²) in [5, 5.41) is 15.3. The molecule has 0 radical (unpaired) electrons. The van der Waals surface area contributed by atoms with Gasteiger partial charge in [-0.15, -0.1) is 0 Å². The van der Waals surface area contributed by atoms with Crippen molar-refractivity contribution in [1.82, 2.24) is 10.6 Å². The van der Waals surface area contributed by atoms with Crippen LogP contribution < -0.4 is 10.6 Å². The van der Waals surface area contributed by atoms with Crippen molar-refractivity contribution in [1.29, 1.82) is 0 Å². The third-order valence-electron chi connectivity index (χ3n) is 4.65. The van der Waals surface area contributed by atoms with E-state index < -0.39 is 11.4 Å². The van der Waals surface area contributed by atoms with Crippen molar-refractivity contribution in [3.8, 4) is 0 Å². The van der Waals surface area contributed by atoms with Crippen LogP contribution in [0.4, 0.5) is 0 Å². The third kappa shape index (κ3) is 3.47. The lowest BCUT2D eigenvalue weighted by Gasteiger charge is -2.36.